The lowest BCUT2D eigenvalue weighted by Crippen LogP contribution is -2.50. The Morgan fingerprint density at radius 3 is 2.56 bits per heavy atom. The Kier molecular flexibility index (Phi) is 5.76. The summed E-state index contributed by atoms with van der Waals surface area (Å²) in [7, 11) is 0. The number of nitrogens with zero attached hydrogens (tertiary/aromatic N) is 1. The van der Waals surface area contributed by atoms with E-state index in [9.17, 15) is 14.9 Å². The fourth-order valence-corrected chi connectivity index (χ4v) is 2.43. The van der Waals surface area contributed by atoms with Crippen LogP contribution in [0.3, 0.4) is 0 Å². The molecule has 1 atom stereocenters. The van der Waals surface area contributed by atoms with Crippen LogP contribution in [0.5, 0.6) is 0 Å². The minimum absolute atomic E-state index is 0.0622. The molecule has 2 rings (SSSR count). The number of fused-ring (bicyclic) bond motifs is 1. The number of amides is 1. The molecule has 0 aliphatic heterocycles. The van der Waals surface area contributed by atoms with Crippen LogP contribution in [-0.2, 0) is 20.7 Å². The third-order valence-electron chi connectivity index (χ3n) is 4.37. The standard InChI is InChI=1S/C20H22N2O3/c1-14(2)20(3,13-21)22-18(23)12-25-19(24)11-16-9-6-8-15-7-4-5-10-17(15)16/h4-10,14H,11-12H2,1-3H3,(H,22,23)/t20-/m1/s1. The molecule has 2 aromatic carbocycles. The molecule has 1 amide bonds. The van der Waals surface area contributed by atoms with Gasteiger partial charge < -0.3 is 10.1 Å². The van der Waals surface area contributed by atoms with Crippen molar-refractivity contribution in [3.05, 3.63) is 48.0 Å². The van der Waals surface area contributed by atoms with Crippen LogP contribution < -0.4 is 5.32 Å². The highest BCUT2D eigenvalue weighted by Gasteiger charge is 2.30. The van der Waals surface area contributed by atoms with Crippen molar-refractivity contribution in [3.8, 4) is 6.07 Å². The van der Waals surface area contributed by atoms with Crippen LogP contribution >= 0.6 is 0 Å². The second-order valence-corrected chi connectivity index (χ2v) is 6.49. The van der Waals surface area contributed by atoms with E-state index in [-0.39, 0.29) is 12.3 Å². The predicted molar refractivity (Wildman–Crippen MR) is 95.6 cm³/mol. The van der Waals surface area contributed by atoms with Gasteiger partial charge in [0, 0.05) is 0 Å². The van der Waals surface area contributed by atoms with Gasteiger partial charge in [-0.05, 0) is 29.2 Å². The third-order valence-corrected chi connectivity index (χ3v) is 4.37. The first kappa shape index (κ1) is 18.5. The number of carbonyl (C=O) groups excluding carboxylic acids is 2. The number of esters is 1. The highest BCUT2D eigenvalue weighted by atomic mass is 16.5. The molecule has 0 unspecified atom stereocenters. The van der Waals surface area contributed by atoms with Crippen molar-refractivity contribution < 1.29 is 14.3 Å². The predicted octanol–water partition coefficient (Wildman–Crippen LogP) is 2.98. The number of hydrogen-bond acceptors (Lipinski definition) is 4. The Morgan fingerprint density at radius 1 is 1.20 bits per heavy atom. The number of benzene rings is 2. The van der Waals surface area contributed by atoms with Gasteiger partial charge in [-0.3, -0.25) is 9.59 Å². The SMILES string of the molecule is CC(C)[C@@](C)(C#N)NC(=O)COC(=O)Cc1cccc2ccccc12. The van der Waals surface area contributed by atoms with Crippen LogP contribution in [0.2, 0.25) is 0 Å². The number of rotatable bonds is 6. The number of carbonyl (C=O) groups is 2. The largest absolute Gasteiger partial charge is 0.455 e. The van der Waals surface area contributed by atoms with Crippen LogP contribution in [-0.4, -0.2) is 24.0 Å². The maximum absolute atomic E-state index is 12.1. The van der Waals surface area contributed by atoms with E-state index in [1.165, 1.54) is 0 Å². The highest BCUT2D eigenvalue weighted by molar-refractivity contribution is 5.89. The molecule has 0 spiro atoms. The van der Waals surface area contributed by atoms with E-state index in [4.69, 9.17) is 4.74 Å². The summed E-state index contributed by atoms with van der Waals surface area (Å²) in [6, 6.07) is 15.6. The van der Waals surface area contributed by atoms with Crippen LogP contribution in [0.4, 0.5) is 0 Å². The smallest absolute Gasteiger partial charge is 0.310 e. The zero-order valence-corrected chi connectivity index (χ0v) is 14.7. The van der Waals surface area contributed by atoms with Crippen molar-refractivity contribution >= 4 is 22.6 Å². The molecule has 5 heteroatoms. The molecular formula is C20H22N2O3. The van der Waals surface area contributed by atoms with Crippen molar-refractivity contribution in [1.29, 1.82) is 5.26 Å². The second kappa shape index (κ2) is 7.80. The van der Waals surface area contributed by atoms with Crippen molar-refractivity contribution in [2.24, 2.45) is 5.92 Å². The third kappa shape index (κ3) is 4.57. The first-order valence-corrected chi connectivity index (χ1v) is 8.20. The molecule has 5 nitrogen and oxygen atoms in total. The summed E-state index contributed by atoms with van der Waals surface area (Å²) in [5.41, 5.74) is -0.133. The normalized spacial score (nSPS) is 13.1. The quantitative estimate of drug-likeness (QED) is 0.821. The molecule has 130 valence electrons. The Labute approximate surface area is 147 Å². The summed E-state index contributed by atoms with van der Waals surface area (Å²) < 4.78 is 5.07. The minimum Gasteiger partial charge on any atom is -0.455 e. The molecular weight excluding hydrogens is 316 g/mol. The Morgan fingerprint density at radius 2 is 1.88 bits per heavy atom. The average Bonchev–Trinajstić information content (AvgIpc) is 2.60. The van der Waals surface area contributed by atoms with E-state index in [1.807, 2.05) is 56.3 Å². The van der Waals surface area contributed by atoms with Crippen LogP contribution in [0, 0.1) is 17.2 Å². The summed E-state index contributed by atoms with van der Waals surface area (Å²) in [6.07, 6.45) is 0.0916. The maximum Gasteiger partial charge on any atom is 0.310 e. The first-order chi connectivity index (χ1) is 11.9. The van der Waals surface area contributed by atoms with Gasteiger partial charge in [-0.1, -0.05) is 56.3 Å². The molecule has 2 aromatic rings. The molecule has 0 aliphatic rings. The van der Waals surface area contributed by atoms with E-state index in [0.717, 1.165) is 16.3 Å². The molecule has 0 heterocycles. The fraction of sp³-hybridized carbons (Fsp3) is 0.350. The summed E-state index contributed by atoms with van der Waals surface area (Å²) in [5, 5.41) is 13.9. The molecule has 25 heavy (non-hydrogen) atoms. The van der Waals surface area contributed by atoms with Gasteiger partial charge in [-0.15, -0.1) is 0 Å². The molecule has 0 saturated heterocycles. The minimum atomic E-state index is -0.987. The number of hydrogen-bond donors (Lipinski definition) is 1. The van der Waals surface area contributed by atoms with Gasteiger partial charge in [-0.25, -0.2) is 0 Å². The lowest BCUT2D eigenvalue weighted by molar-refractivity contribution is -0.148. The zero-order valence-electron chi connectivity index (χ0n) is 14.7. The van der Waals surface area contributed by atoms with Crippen molar-refractivity contribution in [2.45, 2.75) is 32.7 Å². The second-order valence-electron chi connectivity index (χ2n) is 6.49. The molecule has 0 bridgehead atoms. The van der Waals surface area contributed by atoms with Crippen molar-refractivity contribution in [2.75, 3.05) is 6.61 Å². The highest BCUT2D eigenvalue weighted by Crippen LogP contribution is 2.19. The van der Waals surface area contributed by atoms with Gasteiger partial charge in [0.15, 0.2) is 6.61 Å². The topological polar surface area (TPSA) is 79.2 Å². The first-order valence-electron chi connectivity index (χ1n) is 8.20. The van der Waals surface area contributed by atoms with Gasteiger partial charge in [0.2, 0.25) is 0 Å². The van der Waals surface area contributed by atoms with E-state index >= 15 is 0 Å². The van der Waals surface area contributed by atoms with Gasteiger partial charge in [-0.2, -0.15) is 5.26 Å². The Balaban J connectivity index is 1.95. The van der Waals surface area contributed by atoms with Gasteiger partial charge in [0.05, 0.1) is 12.5 Å². The van der Waals surface area contributed by atoms with Crippen molar-refractivity contribution in [1.82, 2.24) is 5.32 Å². The van der Waals surface area contributed by atoms with Crippen LogP contribution in [0.1, 0.15) is 26.3 Å². The van der Waals surface area contributed by atoms with E-state index < -0.39 is 24.0 Å². The Hall–Kier alpha value is -2.87. The van der Waals surface area contributed by atoms with Gasteiger partial charge >= 0.3 is 5.97 Å². The van der Waals surface area contributed by atoms with Crippen LogP contribution in [0.25, 0.3) is 10.8 Å². The lowest BCUT2D eigenvalue weighted by Gasteiger charge is -2.27. The lowest BCUT2D eigenvalue weighted by atomic mass is 9.90. The summed E-state index contributed by atoms with van der Waals surface area (Å²) >= 11 is 0. The molecule has 0 radical (unpaired) electrons. The zero-order chi connectivity index (χ0) is 18.4. The van der Waals surface area contributed by atoms with Gasteiger partial charge in [0.25, 0.3) is 5.91 Å². The molecule has 1 N–H and O–H groups in total. The number of ether oxygens (including phenoxy) is 1. The van der Waals surface area contributed by atoms with Crippen LogP contribution in [0.15, 0.2) is 42.5 Å². The average molecular weight is 338 g/mol. The monoisotopic (exact) mass is 338 g/mol. The summed E-state index contributed by atoms with van der Waals surface area (Å²) in [6.45, 7) is 4.94. The summed E-state index contributed by atoms with van der Waals surface area (Å²) in [5.74, 6) is -1.02. The van der Waals surface area contributed by atoms with E-state index in [1.54, 1.807) is 6.92 Å². The Bertz CT molecular complexity index is 818. The summed E-state index contributed by atoms with van der Waals surface area (Å²) in [4.78, 5) is 24.0. The molecule has 0 saturated carbocycles. The number of nitriles is 1. The van der Waals surface area contributed by atoms with E-state index in [0.29, 0.717) is 0 Å². The molecule has 0 aliphatic carbocycles. The number of nitrogens with one attached hydrogen (secondary N) is 1. The molecule has 0 fully saturated rings. The molecule has 0 aromatic heterocycles. The fourth-order valence-electron chi connectivity index (χ4n) is 2.43. The van der Waals surface area contributed by atoms with E-state index in [2.05, 4.69) is 11.4 Å². The van der Waals surface area contributed by atoms with Gasteiger partial charge in [0.1, 0.15) is 5.54 Å². The maximum atomic E-state index is 12.1. The van der Waals surface area contributed by atoms with Crippen molar-refractivity contribution in [3.63, 3.8) is 0 Å².